The Labute approximate surface area is 264 Å². The van der Waals surface area contributed by atoms with Crippen LogP contribution in [0, 0.1) is 11.3 Å². The third kappa shape index (κ3) is 5.61. The van der Waals surface area contributed by atoms with Gasteiger partial charge in [0.1, 0.15) is 0 Å². The Hall–Kier alpha value is -2.11. The van der Waals surface area contributed by atoms with E-state index >= 15 is 0 Å². The van der Waals surface area contributed by atoms with Gasteiger partial charge < -0.3 is 0 Å². The molecule has 42 heavy (non-hydrogen) atoms. The van der Waals surface area contributed by atoms with Crippen LogP contribution in [0.3, 0.4) is 0 Å². The molecule has 0 bridgehead atoms. The molecule has 1 atom stereocenters. The van der Waals surface area contributed by atoms with Gasteiger partial charge in [0.2, 0.25) is 0 Å². The summed E-state index contributed by atoms with van der Waals surface area (Å²) in [5.74, 6) is 0.489. The first-order valence-electron chi connectivity index (χ1n) is 16.1. The van der Waals surface area contributed by atoms with Crippen molar-refractivity contribution in [2.75, 3.05) is 0 Å². The Bertz CT molecular complexity index is 1540. The monoisotopic (exact) mass is 634 g/mol. The van der Waals surface area contributed by atoms with Gasteiger partial charge in [0.15, 0.2) is 0 Å². The Morgan fingerprint density at radius 2 is 1.19 bits per heavy atom. The predicted molar refractivity (Wildman–Crippen MR) is 181 cm³/mol. The topological polar surface area (TPSA) is 0 Å². The number of hydrogen-bond donors (Lipinski definition) is 0. The predicted octanol–water partition coefficient (Wildman–Crippen LogP) is 11.5. The molecule has 2 aliphatic rings. The summed E-state index contributed by atoms with van der Waals surface area (Å²) in [5.41, 5.74) is 14.0. The van der Waals surface area contributed by atoms with Crippen LogP contribution in [0.1, 0.15) is 121 Å². The van der Waals surface area contributed by atoms with Gasteiger partial charge in [-0.1, -0.05) is 0 Å². The van der Waals surface area contributed by atoms with Crippen LogP contribution < -0.4 is 0 Å². The molecular formula is C41H52Zr. The van der Waals surface area contributed by atoms with E-state index < -0.39 is 21.3 Å². The summed E-state index contributed by atoms with van der Waals surface area (Å²) in [5, 5.41) is 0. The average molecular weight is 636 g/mol. The third-order valence-electron chi connectivity index (χ3n) is 9.62. The first-order chi connectivity index (χ1) is 19.5. The van der Waals surface area contributed by atoms with Crippen LogP contribution in [-0.2, 0) is 32.1 Å². The maximum absolute atomic E-state index is 2.65. The van der Waals surface area contributed by atoms with Crippen molar-refractivity contribution in [1.82, 2.24) is 0 Å². The van der Waals surface area contributed by atoms with Gasteiger partial charge in [-0.15, -0.1) is 0 Å². The maximum atomic E-state index is 2.62. The van der Waals surface area contributed by atoms with Crippen LogP contribution >= 0.6 is 0 Å². The SMILES string of the molecule is CC[C](c1ccccc1)=[Zr]([C]1=C(C)C(C(C)(C)C)=CC1C)[CH]1c2cc(C(C)(C)C)ccc2-c2ccc(C(C)(C)C)cc21. The standard InChI is InChI=1S/C21H25.C11H17.C9H10.Zr/c1-20(2,3)16-7-9-18-14(12-16)11-15-13-17(21(4,5)6)8-10-19(15)18;1-8-6-9(2)10(7-8)11(3,4)5;1-2-6-9-7-4-3-5-8-9;/h7-13H,1-6H3;7-8H,1-5H3;3-5,7-8H,2H2,1H3;. The van der Waals surface area contributed by atoms with Crippen molar-refractivity contribution in [1.29, 1.82) is 0 Å². The average Bonchev–Trinajstić information content (AvgIpc) is 3.39. The van der Waals surface area contributed by atoms with Gasteiger partial charge in [0.25, 0.3) is 0 Å². The molecule has 0 radical (unpaired) electrons. The zero-order chi connectivity index (χ0) is 30.8. The first kappa shape index (κ1) is 31.3. The number of hydrogen-bond acceptors (Lipinski definition) is 0. The van der Waals surface area contributed by atoms with Crippen LogP contribution in [0.2, 0.25) is 0 Å². The summed E-state index contributed by atoms with van der Waals surface area (Å²) in [7, 11) is 0. The molecule has 5 rings (SSSR count). The minimum absolute atomic E-state index is 0.113. The summed E-state index contributed by atoms with van der Waals surface area (Å²) in [6, 6.07) is 26.4. The molecule has 0 aliphatic heterocycles. The second-order valence-corrected chi connectivity index (χ2v) is 22.1. The van der Waals surface area contributed by atoms with Crippen LogP contribution in [0.4, 0.5) is 0 Å². The summed E-state index contributed by atoms with van der Waals surface area (Å²) in [4.78, 5) is 0. The fourth-order valence-electron chi connectivity index (χ4n) is 7.39. The molecule has 3 aromatic carbocycles. The van der Waals surface area contributed by atoms with E-state index in [-0.39, 0.29) is 16.2 Å². The van der Waals surface area contributed by atoms with Gasteiger partial charge in [-0.2, -0.15) is 0 Å². The Kier molecular flexibility index (Phi) is 8.29. The van der Waals surface area contributed by atoms with Crippen LogP contribution in [0.25, 0.3) is 11.1 Å². The van der Waals surface area contributed by atoms with Gasteiger partial charge in [0.05, 0.1) is 0 Å². The second kappa shape index (κ2) is 11.1. The fourth-order valence-corrected chi connectivity index (χ4v) is 17.4. The number of rotatable bonds is 4. The molecule has 0 N–H and O–H groups in total. The number of benzene rings is 3. The molecular weight excluding hydrogens is 584 g/mol. The van der Waals surface area contributed by atoms with E-state index in [0.717, 1.165) is 6.42 Å². The molecule has 0 amide bonds. The zero-order valence-corrected chi connectivity index (χ0v) is 30.7. The van der Waals surface area contributed by atoms with Crippen molar-refractivity contribution in [3.63, 3.8) is 0 Å². The molecule has 0 aromatic heterocycles. The van der Waals surface area contributed by atoms with Crippen molar-refractivity contribution in [2.24, 2.45) is 11.3 Å². The van der Waals surface area contributed by atoms with Crippen molar-refractivity contribution in [3.8, 4) is 11.1 Å². The molecule has 0 nitrogen and oxygen atoms in total. The second-order valence-electron chi connectivity index (χ2n) is 15.8. The van der Waals surface area contributed by atoms with E-state index in [1.807, 2.05) is 3.28 Å². The Balaban J connectivity index is 1.92. The molecule has 0 heterocycles. The van der Waals surface area contributed by atoms with Crippen molar-refractivity contribution in [3.05, 3.63) is 115 Å². The van der Waals surface area contributed by atoms with E-state index in [9.17, 15) is 0 Å². The Morgan fingerprint density at radius 1 is 0.690 bits per heavy atom. The van der Waals surface area contributed by atoms with Crippen molar-refractivity contribution >= 4 is 3.21 Å². The molecule has 3 aromatic rings. The quantitative estimate of drug-likeness (QED) is 0.268. The van der Waals surface area contributed by atoms with E-state index in [2.05, 4.69) is 156 Å². The van der Waals surface area contributed by atoms with Crippen molar-refractivity contribution < 1.29 is 21.3 Å². The minimum atomic E-state index is -2.65. The normalized spacial score (nSPS) is 18.2. The molecule has 0 spiro atoms. The van der Waals surface area contributed by atoms with Crippen molar-refractivity contribution in [2.45, 2.75) is 104 Å². The van der Waals surface area contributed by atoms with Gasteiger partial charge in [0, 0.05) is 0 Å². The van der Waals surface area contributed by atoms with E-state index in [1.165, 1.54) is 27.8 Å². The molecule has 0 fully saturated rings. The summed E-state index contributed by atoms with van der Waals surface area (Å²) in [6.45, 7) is 28.7. The Morgan fingerprint density at radius 3 is 1.60 bits per heavy atom. The summed E-state index contributed by atoms with van der Waals surface area (Å²) in [6.07, 6.45) is 3.74. The van der Waals surface area contributed by atoms with E-state index in [1.54, 1.807) is 25.5 Å². The molecule has 220 valence electrons. The van der Waals surface area contributed by atoms with E-state index in [4.69, 9.17) is 0 Å². The fraction of sp³-hybridized carbons (Fsp3) is 0.439. The first-order valence-corrected chi connectivity index (χ1v) is 19.9. The van der Waals surface area contributed by atoms with Crippen LogP contribution in [0.5, 0.6) is 0 Å². The molecule has 1 heteroatoms. The van der Waals surface area contributed by atoms with Crippen LogP contribution in [-0.4, -0.2) is 3.21 Å². The third-order valence-corrected chi connectivity index (χ3v) is 19.2. The van der Waals surface area contributed by atoms with Gasteiger partial charge in [-0.3, -0.25) is 0 Å². The molecule has 2 aliphatic carbocycles. The van der Waals surface area contributed by atoms with E-state index in [0.29, 0.717) is 9.54 Å². The number of allylic oxidation sites excluding steroid dienone is 4. The molecule has 0 saturated heterocycles. The molecule has 0 saturated carbocycles. The zero-order valence-electron chi connectivity index (χ0n) is 28.3. The molecule has 1 unspecified atom stereocenters. The van der Waals surface area contributed by atoms with Gasteiger partial charge in [-0.25, -0.2) is 0 Å². The van der Waals surface area contributed by atoms with Crippen LogP contribution in [0.15, 0.2) is 87.2 Å². The summed E-state index contributed by atoms with van der Waals surface area (Å²) >= 11 is -2.65. The number of fused-ring (bicyclic) bond motifs is 3. The van der Waals surface area contributed by atoms with Gasteiger partial charge >= 0.3 is 266 Å². The van der Waals surface area contributed by atoms with Gasteiger partial charge in [-0.05, 0) is 0 Å². The summed E-state index contributed by atoms with van der Waals surface area (Å²) < 4.78 is 4.04.